The first-order valence-electron chi connectivity index (χ1n) is 9.50. The third kappa shape index (κ3) is 9.91. The number of aliphatic imine (C=N–C) groups is 1. The molecule has 0 spiro atoms. The van der Waals surface area contributed by atoms with Gasteiger partial charge in [-0.2, -0.15) is 0 Å². The van der Waals surface area contributed by atoms with E-state index < -0.39 is 5.60 Å². The van der Waals surface area contributed by atoms with Gasteiger partial charge in [-0.1, -0.05) is 0 Å². The molecule has 2 N–H and O–H groups in total. The van der Waals surface area contributed by atoms with Crippen LogP contribution in [0.5, 0.6) is 11.5 Å². The molecule has 166 valence electrons. The maximum absolute atomic E-state index is 12.2. The summed E-state index contributed by atoms with van der Waals surface area (Å²) in [7, 11) is 3.29. The number of nitrogens with one attached hydrogen (secondary N) is 2. The molecule has 1 amide bonds. The van der Waals surface area contributed by atoms with Crippen molar-refractivity contribution in [2.24, 2.45) is 4.99 Å². The Labute approximate surface area is 191 Å². The Morgan fingerprint density at radius 3 is 2.41 bits per heavy atom. The molecule has 0 aliphatic rings. The van der Waals surface area contributed by atoms with E-state index in [0.717, 1.165) is 5.69 Å². The number of amides is 1. The first-order valence-corrected chi connectivity index (χ1v) is 9.50. The highest BCUT2D eigenvalue weighted by Crippen LogP contribution is 2.30. The van der Waals surface area contributed by atoms with Crippen molar-refractivity contribution in [3.63, 3.8) is 0 Å². The van der Waals surface area contributed by atoms with Crippen LogP contribution < -0.4 is 20.1 Å². The fraction of sp³-hybridized carbons (Fsp3) is 0.600. The molecule has 1 rings (SSSR count). The van der Waals surface area contributed by atoms with Crippen LogP contribution in [0.2, 0.25) is 0 Å². The van der Waals surface area contributed by atoms with Crippen LogP contribution in [-0.2, 0) is 4.74 Å². The molecule has 0 bridgehead atoms. The second kappa shape index (κ2) is 13.3. The third-order valence-corrected chi connectivity index (χ3v) is 3.66. The standard InChI is InChI=1S/C20H34N4O4.HI/c1-8-24(19(25)28-20(3,4)5)13-12-22-18(21-6)23-15-10-11-16(26-7)17(14-15)27-9-2;/h10-11,14H,8-9,12-13H2,1-7H3,(H2,21,22,23);1H. The van der Waals surface area contributed by atoms with Gasteiger partial charge in [-0.05, 0) is 46.8 Å². The molecule has 0 saturated heterocycles. The minimum Gasteiger partial charge on any atom is -0.493 e. The number of ether oxygens (including phenoxy) is 3. The van der Waals surface area contributed by atoms with Crippen LogP contribution >= 0.6 is 24.0 Å². The van der Waals surface area contributed by atoms with Crippen molar-refractivity contribution in [3.05, 3.63) is 18.2 Å². The van der Waals surface area contributed by atoms with Crippen molar-refractivity contribution in [1.29, 1.82) is 0 Å². The average molecular weight is 522 g/mol. The second-order valence-electron chi connectivity index (χ2n) is 6.98. The quantitative estimate of drug-likeness (QED) is 0.306. The molecular weight excluding hydrogens is 487 g/mol. The number of carbonyl (C=O) groups is 1. The Bertz CT molecular complexity index is 662. The monoisotopic (exact) mass is 522 g/mol. The highest BCUT2D eigenvalue weighted by molar-refractivity contribution is 14.0. The molecule has 0 aliphatic carbocycles. The van der Waals surface area contributed by atoms with Crippen LogP contribution in [0.4, 0.5) is 10.5 Å². The molecule has 8 nitrogen and oxygen atoms in total. The van der Waals surface area contributed by atoms with Crippen molar-refractivity contribution in [1.82, 2.24) is 10.2 Å². The van der Waals surface area contributed by atoms with Gasteiger partial charge in [0.1, 0.15) is 5.60 Å². The topological polar surface area (TPSA) is 84.4 Å². The minimum absolute atomic E-state index is 0. The van der Waals surface area contributed by atoms with Gasteiger partial charge in [-0.25, -0.2) is 4.79 Å². The van der Waals surface area contributed by atoms with Crippen LogP contribution in [0.3, 0.4) is 0 Å². The van der Waals surface area contributed by atoms with Crippen LogP contribution in [0.15, 0.2) is 23.2 Å². The number of hydrogen-bond acceptors (Lipinski definition) is 5. The zero-order valence-electron chi connectivity index (χ0n) is 18.5. The van der Waals surface area contributed by atoms with Gasteiger partial charge in [0.2, 0.25) is 0 Å². The summed E-state index contributed by atoms with van der Waals surface area (Å²) in [5.41, 5.74) is 0.305. The zero-order valence-corrected chi connectivity index (χ0v) is 20.8. The number of anilines is 1. The Morgan fingerprint density at radius 1 is 1.21 bits per heavy atom. The largest absolute Gasteiger partial charge is 0.493 e. The Balaban J connectivity index is 0.00000784. The molecule has 0 atom stereocenters. The van der Waals surface area contributed by atoms with E-state index in [-0.39, 0.29) is 30.1 Å². The van der Waals surface area contributed by atoms with E-state index in [4.69, 9.17) is 14.2 Å². The summed E-state index contributed by atoms with van der Waals surface area (Å²) < 4.78 is 16.3. The highest BCUT2D eigenvalue weighted by atomic mass is 127. The molecule has 1 aromatic carbocycles. The van der Waals surface area contributed by atoms with E-state index in [0.29, 0.717) is 43.7 Å². The predicted octanol–water partition coefficient (Wildman–Crippen LogP) is 3.96. The van der Waals surface area contributed by atoms with Crippen molar-refractivity contribution in [2.75, 3.05) is 45.7 Å². The normalized spacial score (nSPS) is 11.2. The number of methoxy groups -OCH3 is 1. The number of halogens is 1. The van der Waals surface area contributed by atoms with Gasteiger partial charge in [0.15, 0.2) is 17.5 Å². The minimum atomic E-state index is -0.512. The summed E-state index contributed by atoms with van der Waals surface area (Å²) in [6.07, 6.45) is -0.323. The number of nitrogens with zero attached hydrogens (tertiary/aromatic N) is 2. The van der Waals surface area contributed by atoms with Crippen molar-refractivity contribution >= 4 is 41.7 Å². The first-order chi connectivity index (χ1) is 13.2. The fourth-order valence-electron chi connectivity index (χ4n) is 2.35. The summed E-state index contributed by atoms with van der Waals surface area (Å²) in [6.45, 7) is 11.5. The van der Waals surface area contributed by atoms with Gasteiger partial charge in [0.05, 0.1) is 13.7 Å². The van der Waals surface area contributed by atoms with Crippen LogP contribution in [-0.4, -0.2) is 63.0 Å². The van der Waals surface area contributed by atoms with Crippen molar-refractivity contribution < 1.29 is 19.0 Å². The summed E-state index contributed by atoms with van der Waals surface area (Å²) in [5, 5.41) is 6.40. The number of likely N-dealkylation sites (N-methyl/N-ethyl adjacent to an activating group) is 1. The number of rotatable bonds is 8. The summed E-state index contributed by atoms with van der Waals surface area (Å²) in [5.74, 6) is 1.92. The average Bonchev–Trinajstić information content (AvgIpc) is 2.63. The van der Waals surface area contributed by atoms with Gasteiger partial charge >= 0.3 is 6.09 Å². The van der Waals surface area contributed by atoms with E-state index >= 15 is 0 Å². The van der Waals surface area contributed by atoms with Gasteiger partial charge < -0.3 is 29.7 Å². The summed E-state index contributed by atoms with van der Waals surface area (Å²) in [4.78, 5) is 18.1. The number of carbonyl (C=O) groups excluding carboxylic acids is 1. The number of guanidine groups is 1. The Kier molecular flexibility index (Phi) is 12.5. The van der Waals surface area contributed by atoms with Crippen LogP contribution in [0, 0.1) is 0 Å². The Hall–Kier alpha value is -1.91. The van der Waals surface area contributed by atoms with Gasteiger partial charge in [-0.15, -0.1) is 24.0 Å². The molecule has 0 unspecified atom stereocenters. The number of hydrogen-bond donors (Lipinski definition) is 2. The van der Waals surface area contributed by atoms with Crippen molar-refractivity contribution in [2.45, 2.75) is 40.2 Å². The van der Waals surface area contributed by atoms with Crippen molar-refractivity contribution in [3.8, 4) is 11.5 Å². The fourth-order valence-corrected chi connectivity index (χ4v) is 2.35. The lowest BCUT2D eigenvalue weighted by molar-refractivity contribution is 0.0264. The van der Waals surface area contributed by atoms with E-state index in [9.17, 15) is 4.79 Å². The molecule has 0 saturated carbocycles. The maximum atomic E-state index is 12.2. The zero-order chi connectivity index (χ0) is 21.2. The lowest BCUT2D eigenvalue weighted by atomic mass is 10.2. The van der Waals surface area contributed by atoms with Gasteiger partial charge in [0.25, 0.3) is 0 Å². The molecular formula is C20H35IN4O4. The SMILES string of the molecule is CCOc1cc(NC(=NC)NCCN(CC)C(=O)OC(C)(C)C)ccc1OC.I. The molecule has 0 heterocycles. The first kappa shape index (κ1) is 27.1. The van der Waals surface area contributed by atoms with E-state index in [1.165, 1.54) is 0 Å². The van der Waals surface area contributed by atoms with E-state index in [1.807, 2.05) is 52.8 Å². The molecule has 1 aromatic rings. The molecule has 9 heteroatoms. The molecule has 0 aromatic heterocycles. The van der Waals surface area contributed by atoms with Crippen LogP contribution in [0.25, 0.3) is 0 Å². The van der Waals surface area contributed by atoms with E-state index in [2.05, 4.69) is 15.6 Å². The molecule has 29 heavy (non-hydrogen) atoms. The maximum Gasteiger partial charge on any atom is 0.410 e. The van der Waals surface area contributed by atoms with E-state index in [1.54, 1.807) is 19.1 Å². The predicted molar refractivity (Wildman–Crippen MR) is 128 cm³/mol. The molecule has 0 aliphatic heterocycles. The van der Waals surface area contributed by atoms with Gasteiger partial charge in [0, 0.05) is 38.4 Å². The lowest BCUT2D eigenvalue weighted by Crippen LogP contribution is -2.42. The Morgan fingerprint density at radius 2 is 1.90 bits per heavy atom. The smallest absolute Gasteiger partial charge is 0.410 e. The number of benzene rings is 1. The van der Waals surface area contributed by atoms with Crippen LogP contribution in [0.1, 0.15) is 34.6 Å². The summed E-state index contributed by atoms with van der Waals surface area (Å²) in [6, 6.07) is 5.57. The molecule has 0 fully saturated rings. The third-order valence-electron chi connectivity index (χ3n) is 3.66. The molecule has 0 radical (unpaired) electrons. The second-order valence-corrected chi connectivity index (χ2v) is 6.98. The highest BCUT2D eigenvalue weighted by Gasteiger charge is 2.20. The lowest BCUT2D eigenvalue weighted by Gasteiger charge is -2.26. The summed E-state index contributed by atoms with van der Waals surface area (Å²) >= 11 is 0. The van der Waals surface area contributed by atoms with Gasteiger partial charge in [-0.3, -0.25) is 4.99 Å².